The van der Waals surface area contributed by atoms with Gasteiger partial charge in [-0.15, -0.1) is 0 Å². The van der Waals surface area contributed by atoms with Crippen LogP contribution in [-0.4, -0.2) is 44.9 Å². The highest BCUT2D eigenvalue weighted by Gasteiger charge is 2.20. The maximum absolute atomic E-state index is 5.75. The van der Waals surface area contributed by atoms with Crippen molar-refractivity contribution in [3.63, 3.8) is 0 Å². The van der Waals surface area contributed by atoms with E-state index in [0.717, 1.165) is 36.9 Å². The Morgan fingerprint density at radius 1 is 1.33 bits per heavy atom. The van der Waals surface area contributed by atoms with E-state index in [1.165, 1.54) is 5.69 Å². The Morgan fingerprint density at radius 2 is 2.11 bits per heavy atom. The van der Waals surface area contributed by atoms with Gasteiger partial charge in [0.05, 0.1) is 14.2 Å². The van der Waals surface area contributed by atoms with Crippen LogP contribution in [0.4, 0.5) is 5.69 Å². The Hall–Kier alpha value is -1.07. The van der Waals surface area contributed by atoms with E-state index in [4.69, 9.17) is 15.2 Å². The molecule has 5 heteroatoms. The number of nitrogens with two attached hydrogens (primary N) is 1. The Labute approximate surface area is 112 Å². The van der Waals surface area contributed by atoms with Gasteiger partial charge in [0.1, 0.15) is 0 Å². The zero-order chi connectivity index (χ0) is 13.0. The van der Waals surface area contributed by atoms with Crippen molar-refractivity contribution in [3.05, 3.63) is 18.2 Å². The number of methoxy groups -OCH3 is 2. The van der Waals surface area contributed by atoms with Crippen LogP contribution in [0.25, 0.3) is 0 Å². The quantitative estimate of drug-likeness (QED) is 0.898. The number of thioether (sulfide) groups is 1. The molecule has 1 aliphatic heterocycles. The number of hydrogen-bond donors (Lipinski definition) is 1. The molecule has 1 aliphatic rings. The summed E-state index contributed by atoms with van der Waals surface area (Å²) in [5, 5.41) is 0.520. The molecule has 2 rings (SSSR count). The van der Waals surface area contributed by atoms with Gasteiger partial charge in [-0.3, -0.25) is 0 Å². The van der Waals surface area contributed by atoms with Crippen LogP contribution in [-0.2, 0) is 0 Å². The fourth-order valence-electron chi connectivity index (χ4n) is 2.12. The van der Waals surface area contributed by atoms with Crippen LogP contribution in [0.15, 0.2) is 18.2 Å². The van der Waals surface area contributed by atoms with Gasteiger partial charge in [-0.2, -0.15) is 11.8 Å². The van der Waals surface area contributed by atoms with Crippen molar-refractivity contribution < 1.29 is 9.47 Å². The Bertz CT molecular complexity index is 401. The van der Waals surface area contributed by atoms with Gasteiger partial charge in [0.25, 0.3) is 0 Å². The Balaban J connectivity index is 2.17. The third-order valence-corrected chi connectivity index (χ3v) is 4.37. The number of benzene rings is 1. The lowest BCUT2D eigenvalue weighted by Gasteiger charge is -2.33. The standard InChI is InChI=1S/C13H20N2O2S/c1-16-12-4-3-10(7-13(12)17-2)15-5-6-18-11(8-14)9-15/h3-4,7,11H,5-6,8-9,14H2,1-2H3. The summed E-state index contributed by atoms with van der Waals surface area (Å²) >= 11 is 1.96. The minimum Gasteiger partial charge on any atom is -0.493 e. The van der Waals surface area contributed by atoms with Crippen LogP contribution >= 0.6 is 11.8 Å². The van der Waals surface area contributed by atoms with Crippen LogP contribution in [0.1, 0.15) is 0 Å². The van der Waals surface area contributed by atoms with E-state index in [-0.39, 0.29) is 0 Å². The van der Waals surface area contributed by atoms with Gasteiger partial charge in [-0.25, -0.2) is 0 Å². The molecule has 0 spiro atoms. The first-order valence-electron chi connectivity index (χ1n) is 6.07. The maximum Gasteiger partial charge on any atom is 0.162 e. The molecule has 1 heterocycles. The number of hydrogen-bond acceptors (Lipinski definition) is 5. The summed E-state index contributed by atoms with van der Waals surface area (Å²) in [6.07, 6.45) is 0. The Kier molecular flexibility index (Phi) is 4.60. The number of nitrogens with zero attached hydrogens (tertiary/aromatic N) is 1. The lowest BCUT2D eigenvalue weighted by Crippen LogP contribution is -2.41. The lowest BCUT2D eigenvalue weighted by molar-refractivity contribution is 0.355. The molecule has 0 amide bonds. The highest BCUT2D eigenvalue weighted by molar-refractivity contribution is 8.00. The van der Waals surface area contributed by atoms with Crippen LogP contribution in [0.2, 0.25) is 0 Å². The summed E-state index contributed by atoms with van der Waals surface area (Å²) in [6, 6.07) is 6.06. The van der Waals surface area contributed by atoms with Gasteiger partial charge in [0, 0.05) is 42.4 Å². The predicted molar refractivity (Wildman–Crippen MR) is 77.1 cm³/mol. The monoisotopic (exact) mass is 268 g/mol. The summed E-state index contributed by atoms with van der Waals surface area (Å²) in [7, 11) is 3.32. The second-order valence-corrected chi connectivity index (χ2v) is 5.62. The van der Waals surface area contributed by atoms with Gasteiger partial charge in [-0.05, 0) is 12.1 Å². The molecule has 1 aromatic carbocycles. The molecular formula is C13H20N2O2S. The zero-order valence-corrected chi connectivity index (χ0v) is 11.7. The van der Waals surface area contributed by atoms with Crippen molar-refractivity contribution in [1.29, 1.82) is 0 Å². The summed E-state index contributed by atoms with van der Waals surface area (Å²) < 4.78 is 10.6. The van der Waals surface area contributed by atoms with E-state index in [9.17, 15) is 0 Å². The summed E-state index contributed by atoms with van der Waals surface area (Å²) in [5.74, 6) is 2.66. The number of anilines is 1. The van der Waals surface area contributed by atoms with Crippen LogP contribution in [0, 0.1) is 0 Å². The fraction of sp³-hybridized carbons (Fsp3) is 0.538. The average Bonchev–Trinajstić information content (AvgIpc) is 2.46. The van der Waals surface area contributed by atoms with E-state index in [2.05, 4.69) is 11.0 Å². The second kappa shape index (κ2) is 6.20. The van der Waals surface area contributed by atoms with Gasteiger partial charge >= 0.3 is 0 Å². The van der Waals surface area contributed by atoms with Crippen molar-refractivity contribution >= 4 is 17.4 Å². The average molecular weight is 268 g/mol. The van der Waals surface area contributed by atoms with Gasteiger partial charge < -0.3 is 20.1 Å². The van der Waals surface area contributed by atoms with Crippen molar-refractivity contribution in [2.45, 2.75) is 5.25 Å². The molecule has 100 valence electrons. The molecule has 0 bridgehead atoms. The smallest absolute Gasteiger partial charge is 0.162 e. The predicted octanol–water partition coefficient (Wildman–Crippen LogP) is 1.58. The normalized spacial score (nSPS) is 19.7. The molecule has 0 aliphatic carbocycles. The molecule has 1 fully saturated rings. The molecule has 1 saturated heterocycles. The molecular weight excluding hydrogens is 248 g/mol. The second-order valence-electron chi connectivity index (χ2n) is 4.21. The number of ether oxygens (including phenoxy) is 2. The summed E-state index contributed by atoms with van der Waals surface area (Å²) in [6.45, 7) is 2.78. The Morgan fingerprint density at radius 3 is 2.78 bits per heavy atom. The third-order valence-electron chi connectivity index (χ3n) is 3.13. The molecule has 1 atom stereocenters. The largest absolute Gasteiger partial charge is 0.493 e. The summed E-state index contributed by atoms with van der Waals surface area (Å²) in [5.41, 5.74) is 6.93. The zero-order valence-electron chi connectivity index (χ0n) is 10.9. The van der Waals surface area contributed by atoms with Crippen molar-refractivity contribution in [3.8, 4) is 11.5 Å². The molecule has 1 aromatic rings. The highest BCUT2D eigenvalue weighted by Crippen LogP contribution is 2.33. The SMILES string of the molecule is COc1ccc(N2CCSC(CN)C2)cc1OC. The minimum atomic E-state index is 0.520. The van der Waals surface area contributed by atoms with E-state index < -0.39 is 0 Å². The minimum absolute atomic E-state index is 0.520. The third kappa shape index (κ3) is 2.84. The van der Waals surface area contributed by atoms with Crippen molar-refractivity contribution in [2.75, 3.05) is 44.5 Å². The molecule has 18 heavy (non-hydrogen) atoms. The van der Waals surface area contributed by atoms with Gasteiger partial charge in [0.2, 0.25) is 0 Å². The van der Waals surface area contributed by atoms with Crippen LogP contribution < -0.4 is 20.1 Å². The highest BCUT2D eigenvalue weighted by atomic mass is 32.2. The first-order valence-corrected chi connectivity index (χ1v) is 7.12. The van der Waals surface area contributed by atoms with Gasteiger partial charge in [0.15, 0.2) is 11.5 Å². The first kappa shape index (κ1) is 13.4. The van der Waals surface area contributed by atoms with Crippen LogP contribution in [0.5, 0.6) is 11.5 Å². The van der Waals surface area contributed by atoms with Gasteiger partial charge in [-0.1, -0.05) is 0 Å². The van der Waals surface area contributed by atoms with Crippen molar-refractivity contribution in [2.24, 2.45) is 5.73 Å². The molecule has 0 aromatic heterocycles. The molecule has 0 radical (unpaired) electrons. The first-order chi connectivity index (χ1) is 8.78. The van der Waals surface area contributed by atoms with Crippen LogP contribution in [0.3, 0.4) is 0 Å². The fourth-order valence-corrected chi connectivity index (χ4v) is 3.20. The van der Waals surface area contributed by atoms with E-state index in [1.807, 2.05) is 23.9 Å². The molecule has 2 N–H and O–H groups in total. The topological polar surface area (TPSA) is 47.7 Å². The maximum atomic E-state index is 5.75. The van der Waals surface area contributed by atoms with Crippen molar-refractivity contribution in [1.82, 2.24) is 0 Å². The lowest BCUT2D eigenvalue weighted by atomic mass is 10.2. The number of rotatable bonds is 4. The molecule has 4 nitrogen and oxygen atoms in total. The summed E-state index contributed by atoms with van der Waals surface area (Å²) in [4.78, 5) is 2.36. The van der Waals surface area contributed by atoms with E-state index in [0.29, 0.717) is 5.25 Å². The van der Waals surface area contributed by atoms with E-state index >= 15 is 0 Å². The molecule has 1 unspecified atom stereocenters. The van der Waals surface area contributed by atoms with E-state index in [1.54, 1.807) is 14.2 Å². The molecule has 0 saturated carbocycles.